The van der Waals surface area contributed by atoms with Crippen molar-refractivity contribution in [1.29, 1.82) is 0 Å². The molecule has 1 spiro atoms. The molecule has 34 heavy (non-hydrogen) atoms. The molecule has 1 aromatic carbocycles. The number of carbonyl (C=O) groups excluding carboxylic acids is 3. The van der Waals surface area contributed by atoms with Crippen LogP contribution in [-0.4, -0.2) is 85.3 Å². The molecule has 0 atom stereocenters. The molecule has 4 aliphatic heterocycles. The summed E-state index contributed by atoms with van der Waals surface area (Å²) < 4.78 is 5.59. The highest BCUT2D eigenvalue weighted by atomic mass is 35.5. The molecule has 4 fully saturated rings. The Balaban J connectivity index is 1.19. The number of ether oxygens (including phenoxy) is 1. The fraction of sp³-hybridized carbons (Fsp3) is 0.625. The standard InChI is InChI=1S/C24H31ClN4O5/c25-19-2-1-18(20(15-19)28-8-5-24(17-28)6-13-33-14-7-24)16-26-9-11-27(12-10-26)23(32)34-29-21(30)3-4-22(29)31/h1-2,15H,3-14,16-17H2. The van der Waals surface area contributed by atoms with E-state index in [9.17, 15) is 14.4 Å². The van der Waals surface area contributed by atoms with Crippen molar-refractivity contribution in [3.05, 3.63) is 28.8 Å². The van der Waals surface area contributed by atoms with Crippen LogP contribution >= 0.6 is 11.6 Å². The zero-order valence-electron chi connectivity index (χ0n) is 19.3. The fourth-order valence-electron chi connectivity index (χ4n) is 5.44. The largest absolute Gasteiger partial charge is 0.434 e. The van der Waals surface area contributed by atoms with E-state index < -0.39 is 17.9 Å². The summed E-state index contributed by atoms with van der Waals surface area (Å²) in [6, 6.07) is 6.13. The van der Waals surface area contributed by atoms with Gasteiger partial charge in [0.15, 0.2) is 0 Å². The van der Waals surface area contributed by atoms with Crippen molar-refractivity contribution in [2.45, 2.75) is 38.6 Å². The Kier molecular flexibility index (Phi) is 6.68. The van der Waals surface area contributed by atoms with Gasteiger partial charge in [-0.1, -0.05) is 17.7 Å². The van der Waals surface area contributed by atoms with E-state index in [1.807, 2.05) is 6.07 Å². The molecule has 0 saturated carbocycles. The van der Waals surface area contributed by atoms with Gasteiger partial charge in [-0.2, -0.15) is 0 Å². The second-order valence-electron chi connectivity index (χ2n) is 9.76. The number of halogens is 1. The average Bonchev–Trinajstić information content (AvgIpc) is 3.39. The van der Waals surface area contributed by atoms with E-state index in [4.69, 9.17) is 21.2 Å². The molecule has 0 aromatic heterocycles. The van der Waals surface area contributed by atoms with Crippen LogP contribution in [-0.2, 0) is 25.7 Å². The minimum absolute atomic E-state index is 0.0925. The van der Waals surface area contributed by atoms with Crippen LogP contribution in [0.3, 0.4) is 0 Å². The van der Waals surface area contributed by atoms with Crippen molar-refractivity contribution in [1.82, 2.24) is 14.9 Å². The first-order valence-corrected chi connectivity index (χ1v) is 12.5. The molecular formula is C24H31ClN4O5. The van der Waals surface area contributed by atoms with E-state index in [-0.39, 0.29) is 12.8 Å². The van der Waals surface area contributed by atoms with Gasteiger partial charge < -0.3 is 19.4 Å². The maximum Gasteiger partial charge on any atom is 0.434 e. The summed E-state index contributed by atoms with van der Waals surface area (Å²) in [5.74, 6) is -0.923. The molecule has 1 aromatic rings. The quantitative estimate of drug-likeness (QED) is 0.600. The van der Waals surface area contributed by atoms with Crippen LogP contribution < -0.4 is 4.90 Å². The third-order valence-electron chi connectivity index (χ3n) is 7.58. The number of rotatable bonds is 4. The molecule has 3 amide bonds. The number of imide groups is 1. The van der Waals surface area contributed by atoms with Gasteiger partial charge in [-0.25, -0.2) is 4.79 Å². The summed E-state index contributed by atoms with van der Waals surface area (Å²) in [6.45, 7) is 6.85. The summed E-state index contributed by atoms with van der Waals surface area (Å²) in [6.07, 6.45) is 2.96. The average molecular weight is 491 g/mol. The number of hydrogen-bond acceptors (Lipinski definition) is 7. The van der Waals surface area contributed by atoms with Crippen LogP contribution in [0.15, 0.2) is 18.2 Å². The van der Waals surface area contributed by atoms with E-state index >= 15 is 0 Å². The van der Waals surface area contributed by atoms with Gasteiger partial charge in [-0.05, 0) is 42.4 Å². The lowest BCUT2D eigenvalue weighted by atomic mass is 9.80. The highest BCUT2D eigenvalue weighted by molar-refractivity contribution is 6.30. The smallest absolute Gasteiger partial charge is 0.381 e. The van der Waals surface area contributed by atoms with Crippen molar-refractivity contribution in [3.63, 3.8) is 0 Å². The highest BCUT2D eigenvalue weighted by Crippen LogP contribution is 2.42. The molecule has 0 bridgehead atoms. The lowest BCUT2D eigenvalue weighted by Gasteiger charge is -2.36. The second kappa shape index (κ2) is 9.71. The Morgan fingerprint density at radius 3 is 2.41 bits per heavy atom. The predicted molar refractivity (Wildman–Crippen MR) is 125 cm³/mol. The number of carbonyl (C=O) groups is 3. The molecule has 0 N–H and O–H groups in total. The monoisotopic (exact) mass is 490 g/mol. The van der Waals surface area contributed by atoms with Gasteiger partial charge in [0.25, 0.3) is 11.8 Å². The number of hydrogen-bond donors (Lipinski definition) is 0. The molecule has 0 radical (unpaired) electrons. The summed E-state index contributed by atoms with van der Waals surface area (Å²) >= 11 is 6.39. The third kappa shape index (κ3) is 4.87. The molecule has 0 unspecified atom stereocenters. The summed E-state index contributed by atoms with van der Waals surface area (Å²) in [5, 5.41) is 1.35. The molecular weight excluding hydrogens is 460 g/mol. The van der Waals surface area contributed by atoms with Crippen LogP contribution in [0, 0.1) is 5.41 Å². The number of nitrogens with zero attached hydrogens (tertiary/aromatic N) is 4. The van der Waals surface area contributed by atoms with Gasteiger partial charge >= 0.3 is 6.09 Å². The molecule has 9 nitrogen and oxygen atoms in total. The topological polar surface area (TPSA) is 82.6 Å². The first-order chi connectivity index (χ1) is 16.4. The molecule has 4 heterocycles. The molecule has 184 valence electrons. The minimum Gasteiger partial charge on any atom is -0.381 e. The number of anilines is 1. The Hall–Kier alpha value is -2.36. The zero-order chi connectivity index (χ0) is 23.7. The van der Waals surface area contributed by atoms with E-state index in [1.165, 1.54) is 17.7 Å². The third-order valence-corrected chi connectivity index (χ3v) is 7.81. The lowest BCUT2D eigenvalue weighted by molar-refractivity contribution is -0.174. The molecule has 10 heteroatoms. The fourth-order valence-corrected chi connectivity index (χ4v) is 5.61. The van der Waals surface area contributed by atoms with Crippen LogP contribution in [0.2, 0.25) is 5.02 Å². The predicted octanol–water partition coefficient (Wildman–Crippen LogP) is 2.67. The van der Waals surface area contributed by atoms with Gasteiger partial charge in [0, 0.05) is 82.6 Å². The summed E-state index contributed by atoms with van der Waals surface area (Å²) in [5.41, 5.74) is 2.78. The number of hydroxylamine groups is 2. The molecule has 5 rings (SSSR count). The summed E-state index contributed by atoms with van der Waals surface area (Å²) in [7, 11) is 0. The lowest BCUT2D eigenvalue weighted by Crippen LogP contribution is -2.50. The van der Waals surface area contributed by atoms with Crippen molar-refractivity contribution < 1.29 is 24.0 Å². The van der Waals surface area contributed by atoms with E-state index in [0.29, 0.717) is 36.7 Å². The Labute approximate surface area is 204 Å². The van der Waals surface area contributed by atoms with Crippen LogP contribution in [0.5, 0.6) is 0 Å². The van der Waals surface area contributed by atoms with Crippen molar-refractivity contribution in [3.8, 4) is 0 Å². The second-order valence-corrected chi connectivity index (χ2v) is 10.2. The Morgan fingerprint density at radius 2 is 1.71 bits per heavy atom. The molecule has 4 aliphatic rings. The van der Waals surface area contributed by atoms with Crippen molar-refractivity contribution in [2.24, 2.45) is 5.41 Å². The normalized spacial score (nSPS) is 23.3. The Bertz CT molecular complexity index is 943. The van der Waals surface area contributed by atoms with Gasteiger partial charge in [0.2, 0.25) is 0 Å². The highest BCUT2D eigenvalue weighted by Gasteiger charge is 2.40. The molecule has 0 aliphatic carbocycles. The van der Waals surface area contributed by atoms with Gasteiger partial charge in [0.1, 0.15) is 0 Å². The van der Waals surface area contributed by atoms with Crippen molar-refractivity contribution in [2.75, 3.05) is 57.4 Å². The van der Waals surface area contributed by atoms with Crippen LogP contribution in [0.4, 0.5) is 10.5 Å². The van der Waals surface area contributed by atoms with Gasteiger partial charge in [0.05, 0.1) is 0 Å². The van der Waals surface area contributed by atoms with E-state index in [1.54, 1.807) is 4.90 Å². The molecule has 4 saturated heterocycles. The number of piperazine rings is 1. The Morgan fingerprint density at radius 1 is 1.00 bits per heavy atom. The van der Waals surface area contributed by atoms with Crippen molar-refractivity contribution >= 4 is 35.2 Å². The summed E-state index contributed by atoms with van der Waals surface area (Å²) in [4.78, 5) is 47.2. The first kappa shape index (κ1) is 23.4. The van der Waals surface area contributed by atoms with Crippen LogP contribution in [0.1, 0.15) is 37.7 Å². The zero-order valence-corrected chi connectivity index (χ0v) is 20.1. The maximum atomic E-state index is 12.4. The van der Waals surface area contributed by atoms with E-state index in [2.05, 4.69) is 21.9 Å². The number of benzene rings is 1. The first-order valence-electron chi connectivity index (χ1n) is 12.1. The maximum absolute atomic E-state index is 12.4. The van der Waals surface area contributed by atoms with Gasteiger partial charge in [-0.15, -0.1) is 5.06 Å². The van der Waals surface area contributed by atoms with E-state index in [0.717, 1.165) is 50.7 Å². The van der Waals surface area contributed by atoms with Gasteiger partial charge in [-0.3, -0.25) is 14.5 Å². The SMILES string of the molecule is O=C(ON1C(=O)CCC1=O)N1CCN(Cc2ccc(Cl)cc2N2CCC3(CCOCC3)C2)CC1. The van der Waals surface area contributed by atoms with Crippen LogP contribution in [0.25, 0.3) is 0 Å². The minimum atomic E-state index is -0.644. The number of amides is 3.